The zero-order valence-corrected chi connectivity index (χ0v) is 9.46. The molecule has 0 bridgehead atoms. The highest BCUT2D eigenvalue weighted by Gasteiger charge is 2.08. The summed E-state index contributed by atoms with van der Waals surface area (Å²) in [7, 11) is 0. The van der Waals surface area contributed by atoms with Crippen LogP contribution >= 0.6 is 0 Å². The van der Waals surface area contributed by atoms with Gasteiger partial charge in [-0.05, 0) is 18.1 Å². The lowest BCUT2D eigenvalue weighted by atomic mass is 10.1. The van der Waals surface area contributed by atoms with Crippen LogP contribution in [0.2, 0.25) is 0 Å². The van der Waals surface area contributed by atoms with Crippen LogP contribution < -0.4 is 5.32 Å². The summed E-state index contributed by atoms with van der Waals surface area (Å²) >= 11 is 0. The molecule has 0 aliphatic carbocycles. The van der Waals surface area contributed by atoms with E-state index in [0.717, 1.165) is 12.5 Å². The molecule has 1 aromatic carbocycles. The Bertz CT molecular complexity index is 379. The molecular weight excluding hydrogens is 209 g/mol. The van der Waals surface area contributed by atoms with E-state index in [9.17, 15) is 9.18 Å². The van der Waals surface area contributed by atoms with Crippen LogP contribution in [0.25, 0.3) is 0 Å². The van der Waals surface area contributed by atoms with Gasteiger partial charge in [-0.3, -0.25) is 4.79 Å². The van der Waals surface area contributed by atoms with Gasteiger partial charge in [-0.25, -0.2) is 4.39 Å². The lowest BCUT2D eigenvalue weighted by molar-refractivity contribution is -0.117. The molecule has 3 nitrogen and oxygen atoms in total. The van der Waals surface area contributed by atoms with Crippen LogP contribution in [0.5, 0.6) is 5.75 Å². The van der Waals surface area contributed by atoms with Crippen molar-refractivity contribution in [2.24, 2.45) is 5.92 Å². The molecule has 1 unspecified atom stereocenters. The van der Waals surface area contributed by atoms with Gasteiger partial charge in [-0.2, -0.15) is 0 Å². The van der Waals surface area contributed by atoms with Crippen LogP contribution in [0.4, 0.5) is 10.1 Å². The number of phenols is 1. The van der Waals surface area contributed by atoms with Gasteiger partial charge in [0, 0.05) is 18.2 Å². The van der Waals surface area contributed by atoms with Gasteiger partial charge < -0.3 is 10.4 Å². The molecule has 0 radical (unpaired) electrons. The molecule has 0 aromatic heterocycles. The van der Waals surface area contributed by atoms with E-state index >= 15 is 0 Å². The van der Waals surface area contributed by atoms with Crippen LogP contribution in [0.15, 0.2) is 18.2 Å². The first-order chi connectivity index (χ1) is 7.52. The summed E-state index contributed by atoms with van der Waals surface area (Å²) < 4.78 is 13.0. The van der Waals surface area contributed by atoms with E-state index in [4.69, 9.17) is 5.11 Å². The summed E-state index contributed by atoms with van der Waals surface area (Å²) in [5.41, 5.74) is 0.364. The van der Waals surface area contributed by atoms with Crippen molar-refractivity contribution in [2.45, 2.75) is 26.7 Å². The van der Waals surface area contributed by atoms with E-state index in [0.29, 0.717) is 18.0 Å². The number of amides is 1. The molecular formula is C12H16FNO2. The fourth-order valence-corrected chi connectivity index (χ4v) is 1.26. The normalized spacial score (nSPS) is 12.2. The minimum atomic E-state index is -0.735. The van der Waals surface area contributed by atoms with E-state index in [1.165, 1.54) is 12.1 Å². The molecule has 0 spiro atoms. The lowest BCUT2D eigenvalue weighted by Gasteiger charge is -2.09. The third-order valence-electron chi connectivity index (χ3n) is 2.46. The van der Waals surface area contributed by atoms with Crippen molar-refractivity contribution < 1.29 is 14.3 Å². The second-order valence-corrected chi connectivity index (χ2v) is 3.93. The lowest BCUT2D eigenvalue weighted by Crippen LogP contribution is -2.14. The SMILES string of the molecule is CCC(C)CC(=O)Nc1ccc(O)c(F)c1. The van der Waals surface area contributed by atoms with Crippen molar-refractivity contribution in [1.29, 1.82) is 0 Å². The van der Waals surface area contributed by atoms with E-state index in [-0.39, 0.29) is 5.91 Å². The molecule has 1 aromatic rings. The van der Waals surface area contributed by atoms with Gasteiger partial charge in [0.2, 0.25) is 5.91 Å². The molecule has 1 rings (SSSR count). The van der Waals surface area contributed by atoms with E-state index in [2.05, 4.69) is 5.32 Å². The van der Waals surface area contributed by atoms with Crippen molar-refractivity contribution in [3.8, 4) is 5.75 Å². The van der Waals surface area contributed by atoms with E-state index < -0.39 is 11.6 Å². The molecule has 4 heteroatoms. The highest BCUT2D eigenvalue weighted by molar-refractivity contribution is 5.90. The molecule has 1 amide bonds. The molecule has 88 valence electrons. The molecule has 0 saturated carbocycles. The molecule has 2 N–H and O–H groups in total. The smallest absolute Gasteiger partial charge is 0.224 e. The number of carbonyl (C=O) groups excluding carboxylic acids is 1. The second-order valence-electron chi connectivity index (χ2n) is 3.93. The maximum Gasteiger partial charge on any atom is 0.224 e. The summed E-state index contributed by atoms with van der Waals surface area (Å²) in [6.45, 7) is 4.00. The number of hydrogen-bond acceptors (Lipinski definition) is 2. The maximum atomic E-state index is 13.0. The Kier molecular flexibility index (Phi) is 4.28. The van der Waals surface area contributed by atoms with Gasteiger partial charge in [0.05, 0.1) is 0 Å². The Labute approximate surface area is 94.3 Å². The summed E-state index contributed by atoms with van der Waals surface area (Å²) in [6.07, 6.45) is 1.34. The summed E-state index contributed by atoms with van der Waals surface area (Å²) in [4.78, 5) is 11.5. The van der Waals surface area contributed by atoms with Crippen molar-refractivity contribution >= 4 is 11.6 Å². The number of halogens is 1. The topological polar surface area (TPSA) is 49.3 Å². The average molecular weight is 225 g/mol. The zero-order valence-electron chi connectivity index (χ0n) is 9.46. The quantitative estimate of drug-likeness (QED) is 0.774. The van der Waals surface area contributed by atoms with Crippen molar-refractivity contribution in [3.63, 3.8) is 0 Å². The molecule has 0 aliphatic rings. The summed E-state index contributed by atoms with van der Waals surface area (Å²) in [5, 5.41) is 11.6. The van der Waals surface area contributed by atoms with Crippen molar-refractivity contribution in [1.82, 2.24) is 0 Å². The summed E-state index contributed by atoms with van der Waals surface area (Å²) in [6, 6.07) is 3.78. The summed E-state index contributed by atoms with van der Waals surface area (Å²) in [5.74, 6) is -0.984. The number of carbonyl (C=O) groups is 1. The number of rotatable bonds is 4. The standard InChI is InChI=1S/C12H16FNO2/c1-3-8(2)6-12(16)14-9-4-5-11(15)10(13)7-9/h4-5,7-8,15H,3,6H2,1-2H3,(H,14,16). The molecule has 16 heavy (non-hydrogen) atoms. The average Bonchev–Trinajstić information content (AvgIpc) is 2.23. The first-order valence-corrected chi connectivity index (χ1v) is 5.31. The van der Waals surface area contributed by atoms with Crippen LogP contribution in [-0.2, 0) is 4.79 Å². The monoisotopic (exact) mass is 225 g/mol. The third kappa shape index (κ3) is 3.53. The number of aromatic hydroxyl groups is 1. The molecule has 0 fully saturated rings. The van der Waals surface area contributed by atoms with Crippen LogP contribution in [0, 0.1) is 11.7 Å². The number of hydrogen-bond donors (Lipinski definition) is 2. The number of anilines is 1. The molecule has 1 atom stereocenters. The number of benzene rings is 1. The third-order valence-corrected chi connectivity index (χ3v) is 2.46. The molecule has 0 aliphatic heterocycles. The molecule has 0 heterocycles. The Balaban J connectivity index is 2.59. The maximum absolute atomic E-state index is 13.0. The van der Waals surface area contributed by atoms with Crippen molar-refractivity contribution in [2.75, 3.05) is 5.32 Å². The Morgan fingerprint density at radius 3 is 2.81 bits per heavy atom. The predicted molar refractivity (Wildman–Crippen MR) is 60.8 cm³/mol. The van der Waals surface area contributed by atoms with Gasteiger partial charge in [0.25, 0.3) is 0 Å². The first kappa shape index (κ1) is 12.5. The van der Waals surface area contributed by atoms with Gasteiger partial charge >= 0.3 is 0 Å². The minimum Gasteiger partial charge on any atom is -0.505 e. The predicted octanol–water partition coefficient (Wildman–Crippen LogP) is 2.91. The van der Waals surface area contributed by atoms with Crippen LogP contribution in [0.3, 0.4) is 0 Å². The van der Waals surface area contributed by atoms with Crippen LogP contribution in [-0.4, -0.2) is 11.0 Å². The van der Waals surface area contributed by atoms with Gasteiger partial charge in [0.15, 0.2) is 11.6 Å². The Morgan fingerprint density at radius 2 is 2.25 bits per heavy atom. The highest BCUT2D eigenvalue weighted by Crippen LogP contribution is 2.19. The zero-order chi connectivity index (χ0) is 12.1. The van der Waals surface area contributed by atoms with Gasteiger partial charge in [-0.15, -0.1) is 0 Å². The Morgan fingerprint density at radius 1 is 1.56 bits per heavy atom. The number of nitrogens with one attached hydrogen (secondary N) is 1. The highest BCUT2D eigenvalue weighted by atomic mass is 19.1. The fraction of sp³-hybridized carbons (Fsp3) is 0.417. The Hall–Kier alpha value is -1.58. The van der Waals surface area contributed by atoms with Crippen LogP contribution in [0.1, 0.15) is 26.7 Å². The first-order valence-electron chi connectivity index (χ1n) is 5.31. The van der Waals surface area contributed by atoms with E-state index in [1.807, 2.05) is 13.8 Å². The van der Waals surface area contributed by atoms with Crippen molar-refractivity contribution in [3.05, 3.63) is 24.0 Å². The minimum absolute atomic E-state index is 0.139. The largest absolute Gasteiger partial charge is 0.505 e. The van der Waals surface area contributed by atoms with Gasteiger partial charge in [-0.1, -0.05) is 20.3 Å². The van der Waals surface area contributed by atoms with E-state index in [1.54, 1.807) is 0 Å². The van der Waals surface area contributed by atoms with Gasteiger partial charge in [0.1, 0.15) is 0 Å². The molecule has 0 saturated heterocycles. The number of phenolic OH excluding ortho intramolecular Hbond substituents is 1. The fourth-order valence-electron chi connectivity index (χ4n) is 1.26. The second kappa shape index (κ2) is 5.49.